The van der Waals surface area contributed by atoms with Gasteiger partial charge in [0.2, 0.25) is 5.91 Å². The Morgan fingerprint density at radius 2 is 2.27 bits per heavy atom. The minimum atomic E-state index is -1.31. The van der Waals surface area contributed by atoms with Gasteiger partial charge in [-0.3, -0.25) is 4.79 Å². The van der Waals surface area contributed by atoms with Crippen molar-refractivity contribution in [3.05, 3.63) is 41.2 Å². The molecule has 0 aromatic heterocycles. The standard InChI is InChI=1S/C15H11ClFNO4/c16-8-2-1-7(5-9(8)17)18-6-15-4-3-10(22-15)11(14(20)21)12(15)13(18)19/h1-5,10-12H,6H2,(H,20,21)/p-1/t10-,11+,12+,15-/m1/s1. The molecule has 1 aromatic carbocycles. The van der Waals surface area contributed by atoms with Crippen LogP contribution in [0, 0.1) is 17.7 Å². The van der Waals surface area contributed by atoms with Gasteiger partial charge in [-0.1, -0.05) is 23.8 Å². The van der Waals surface area contributed by atoms with Crippen molar-refractivity contribution in [1.82, 2.24) is 0 Å². The zero-order valence-electron chi connectivity index (χ0n) is 11.2. The van der Waals surface area contributed by atoms with Gasteiger partial charge in [-0.2, -0.15) is 0 Å². The van der Waals surface area contributed by atoms with E-state index in [4.69, 9.17) is 16.3 Å². The molecule has 1 amide bonds. The molecule has 1 spiro atoms. The number of anilines is 1. The number of benzene rings is 1. The molecule has 0 aliphatic carbocycles. The summed E-state index contributed by atoms with van der Waals surface area (Å²) in [7, 11) is 0. The first-order valence-corrected chi connectivity index (χ1v) is 7.15. The maximum Gasteiger partial charge on any atom is 0.234 e. The fourth-order valence-corrected chi connectivity index (χ4v) is 3.76. The lowest BCUT2D eigenvalue weighted by Gasteiger charge is -2.24. The molecule has 5 nitrogen and oxygen atoms in total. The maximum atomic E-state index is 13.6. The third-order valence-corrected chi connectivity index (χ3v) is 4.89. The third-order valence-electron chi connectivity index (χ3n) is 4.59. The van der Waals surface area contributed by atoms with Gasteiger partial charge in [-0.25, -0.2) is 4.39 Å². The number of carbonyl (C=O) groups excluding carboxylic acids is 2. The van der Waals surface area contributed by atoms with E-state index in [0.717, 1.165) is 6.07 Å². The van der Waals surface area contributed by atoms with Crippen molar-refractivity contribution in [2.24, 2.45) is 11.8 Å². The highest BCUT2D eigenvalue weighted by atomic mass is 35.5. The largest absolute Gasteiger partial charge is 0.550 e. The Labute approximate surface area is 129 Å². The van der Waals surface area contributed by atoms with Crippen LogP contribution < -0.4 is 10.0 Å². The van der Waals surface area contributed by atoms with Gasteiger partial charge in [0.15, 0.2) is 0 Å². The van der Waals surface area contributed by atoms with Crippen LogP contribution in [0.15, 0.2) is 30.4 Å². The Morgan fingerprint density at radius 3 is 2.95 bits per heavy atom. The molecule has 3 heterocycles. The lowest BCUT2D eigenvalue weighted by atomic mass is 9.77. The molecule has 2 saturated heterocycles. The van der Waals surface area contributed by atoms with Gasteiger partial charge in [0.05, 0.1) is 23.6 Å². The number of aliphatic carboxylic acids is 1. The molecular weight excluding hydrogens is 313 g/mol. The lowest BCUT2D eigenvalue weighted by Crippen LogP contribution is -2.45. The van der Waals surface area contributed by atoms with Gasteiger partial charge in [0.25, 0.3) is 0 Å². The molecule has 0 N–H and O–H groups in total. The first-order chi connectivity index (χ1) is 10.4. The third kappa shape index (κ3) is 1.62. The van der Waals surface area contributed by atoms with E-state index < -0.39 is 41.2 Å². The first-order valence-electron chi connectivity index (χ1n) is 6.77. The predicted octanol–water partition coefficient (Wildman–Crippen LogP) is 0.515. The quantitative estimate of drug-likeness (QED) is 0.744. The molecule has 0 radical (unpaired) electrons. The summed E-state index contributed by atoms with van der Waals surface area (Å²) >= 11 is 5.65. The summed E-state index contributed by atoms with van der Waals surface area (Å²) in [5.74, 6) is -4.20. The number of halogens is 2. The summed E-state index contributed by atoms with van der Waals surface area (Å²) in [5.41, 5.74) is -0.643. The molecule has 4 atom stereocenters. The topological polar surface area (TPSA) is 69.7 Å². The molecule has 3 aliphatic heterocycles. The summed E-state index contributed by atoms with van der Waals surface area (Å²) in [6, 6.07) is 4.03. The highest BCUT2D eigenvalue weighted by Gasteiger charge is 2.65. The van der Waals surface area contributed by atoms with E-state index in [2.05, 4.69) is 0 Å². The molecule has 0 saturated carbocycles. The molecule has 2 fully saturated rings. The van der Waals surface area contributed by atoms with Crippen LogP contribution in [0.4, 0.5) is 10.1 Å². The average Bonchev–Trinajstić information content (AvgIpc) is 3.10. The zero-order valence-corrected chi connectivity index (χ0v) is 11.9. The molecule has 0 unspecified atom stereocenters. The smallest absolute Gasteiger partial charge is 0.234 e. The number of ether oxygens (including phenoxy) is 1. The molecule has 4 rings (SSSR count). The minimum Gasteiger partial charge on any atom is -0.550 e. The molecular formula is C15H10ClFNO4-. The number of nitrogens with zero attached hydrogens (tertiary/aromatic N) is 1. The zero-order chi connectivity index (χ0) is 15.6. The Hall–Kier alpha value is -1.92. The number of fused-ring (bicyclic) bond motifs is 1. The number of carbonyl (C=O) groups is 2. The van der Waals surface area contributed by atoms with E-state index >= 15 is 0 Å². The predicted molar refractivity (Wildman–Crippen MR) is 72.5 cm³/mol. The fourth-order valence-electron chi connectivity index (χ4n) is 3.64. The number of carboxylic acids is 1. The SMILES string of the molecule is O=C([O-])[C@@H]1[C@H]2C(=O)N(c3ccc(Cl)c(F)c3)C[C@]23C=C[C@H]1O3. The maximum absolute atomic E-state index is 13.6. The van der Waals surface area contributed by atoms with Crippen molar-refractivity contribution >= 4 is 29.2 Å². The van der Waals surface area contributed by atoms with Crippen molar-refractivity contribution in [2.45, 2.75) is 11.7 Å². The van der Waals surface area contributed by atoms with Crippen LogP contribution in [0.3, 0.4) is 0 Å². The van der Waals surface area contributed by atoms with Crippen LogP contribution in [0.1, 0.15) is 0 Å². The molecule has 2 bridgehead atoms. The Bertz CT molecular complexity index is 736. The average molecular weight is 323 g/mol. The Kier molecular flexibility index (Phi) is 2.68. The number of hydrogen-bond acceptors (Lipinski definition) is 4. The monoisotopic (exact) mass is 322 g/mol. The van der Waals surface area contributed by atoms with Crippen LogP contribution in [0.2, 0.25) is 5.02 Å². The van der Waals surface area contributed by atoms with Crippen LogP contribution in [0.5, 0.6) is 0 Å². The summed E-state index contributed by atoms with van der Waals surface area (Å²) in [6.07, 6.45) is 2.74. The van der Waals surface area contributed by atoms with Crippen LogP contribution in [-0.2, 0) is 14.3 Å². The fraction of sp³-hybridized carbons (Fsp3) is 0.333. The van der Waals surface area contributed by atoms with E-state index in [1.54, 1.807) is 12.2 Å². The van der Waals surface area contributed by atoms with Crippen molar-refractivity contribution < 1.29 is 23.8 Å². The second-order valence-electron chi connectivity index (χ2n) is 5.74. The van der Waals surface area contributed by atoms with E-state index in [0.29, 0.717) is 5.69 Å². The van der Waals surface area contributed by atoms with E-state index in [-0.39, 0.29) is 11.6 Å². The van der Waals surface area contributed by atoms with Crippen LogP contribution in [0.25, 0.3) is 0 Å². The van der Waals surface area contributed by atoms with Gasteiger partial charge in [-0.15, -0.1) is 0 Å². The molecule has 1 aromatic rings. The number of amides is 1. The molecule has 22 heavy (non-hydrogen) atoms. The summed E-state index contributed by atoms with van der Waals surface area (Å²) in [5, 5.41) is 11.3. The first kappa shape index (κ1) is 13.7. The van der Waals surface area contributed by atoms with Crippen molar-refractivity contribution in [2.75, 3.05) is 11.4 Å². The second kappa shape index (κ2) is 4.30. The minimum absolute atomic E-state index is 0.0431. The van der Waals surface area contributed by atoms with Gasteiger partial charge < -0.3 is 19.5 Å². The van der Waals surface area contributed by atoms with Gasteiger partial charge in [0, 0.05) is 17.6 Å². The molecule has 3 aliphatic rings. The van der Waals surface area contributed by atoms with Gasteiger partial charge in [0.1, 0.15) is 11.4 Å². The van der Waals surface area contributed by atoms with Crippen LogP contribution in [-0.4, -0.2) is 30.1 Å². The van der Waals surface area contributed by atoms with E-state index in [1.165, 1.54) is 17.0 Å². The molecule has 114 valence electrons. The Morgan fingerprint density at radius 1 is 1.50 bits per heavy atom. The summed E-state index contributed by atoms with van der Waals surface area (Å²) in [4.78, 5) is 25.3. The van der Waals surface area contributed by atoms with Gasteiger partial charge >= 0.3 is 0 Å². The highest BCUT2D eigenvalue weighted by Crippen LogP contribution is 2.52. The van der Waals surface area contributed by atoms with Crippen LogP contribution >= 0.6 is 11.6 Å². The molecule has 7 heteroatoms. The summed E-state index contributed by atoms with van der Waals surface area (Å²) in [6.45, 7) is 0.147. The number of hydrogen-bond donors (Lipinski definition) is 0. The van der Waals surface area contributed by atoms with Crippen molar-refractivity contribution in [3.63, 3.8) is 0 Å². The Balaban J connectivity index is 1.74. The number of rotatable bonds is 2. The van der Waals surface area contributed by atoms with E-state index in [9.17, 15) is 19.1 Å². The van der Waals surface area contributed by atoms with E-state index in [1.807, 2.05) is 0 Å². The second-order valence-corrected chi connectivity index (χ2v) is 6.15. The number of carboxylic acid groups (broad SMARTS) is 1. The highest BCUT2D eigenvalue weighted by molar-refractivity contribution is 6.30. The normalized spacial score (nSPS) is 35.3. The summed E-state index contributed by atoms with van der Waals surface area (Å²) < 4.78 is 19.3. The van der Waals surface area contributed by atoms with Crippen molar-refractivity contribution in [1.29, 1.82) is 0 Å². The van der Waals surface area contributed by atoms with Crippen molar-refractivity contribution in [3.8, 4) is 0 Å². The lowest BCUT2D eigenvalue weighted by molar-refractivity contribution is -0.313. The van der Waals surface area contributed by atoms with Gasteiger partial charge in [-0.05, 0) is 18.2 Å².